The van der Waals surface area contributed by atoms with E-state index in [1.807, 2.05) is 18.9 Å². The van der Waals surface area contributed by atoms with Gasteiger partial charge in [0.05, 0.1) is 19.8 Å². The van der Waals surface area contributed by atoms with Crippen LogP contribution in [0.4, 0.5) is 0 Å². The van der Waals surface area contributed by atoms with Crippen LogP contribution in [-0.4, -0.2) is 55.8 Å². The molecule has 0 unspecified atom stereocenters. The Kier molecular flexibility index (Phi) is 3.94. The molecule has 1 saturated heterocycles. The Morgan fingerprint density at radius 3 is 2.58 bits per heavy atom. The summed E-state index contributed by atoms with van der Waals surface area (Å²) in [6.07, 6.45) is -0.107. The second-order valence-electron chi connectivity index (χ2n) is 3.14. The second kappa shape index (κ2) is 4.77. The highest BCUT2D eigenvalue weighted by atomic mass is 16.7. The fraction of sp³-hybridized carbons (Fsp3) is 1.00. The first-order valence-electron chi connectivity index (χ1n) is 4.28. The van der Waals surface area contributed by atoms with Gasteiger partial charge in [0.1, 0.15) is 0 Å². The summed E-state index contributed by atoms with van der Waals surface area (Å²) < 4.78 is 10.5. The summed E-state index contributed by atoms with van der Waals surface area (Å²) in [5.41, 5.74) is 0. The summed E-state index contributed by atoms with van der Waals surface area (Å²) in [6.45, 7) is 4.23. The molecule has 12 heavy (non-hydrogen) atoms. The molecular formula is C8H17NO3. The first-order chi connectivity index (χ1) is 5.74. The molecular weight excluding hydrogens is 158 g/mol. The fourth-order valence-electron chi connectivity index (χ4n) is 1.07. The maximum Gasteiger partial charge on any atom is 0.170 e. The summed E-state index contributed by atoms with van der Waals surface area (Å²) >= 11 is 0. The van der Waals surface area contributed by atoms with Gasteiger partial charge in [-0.2, -0.15) is 0 Å². The standard InChI is InChI=1S/C8H17NO3/c1-7(6-10)9(2)5-8-11-3-4-12-8/h7-8,10H,3-6H2,1-2H3/t7-/m1/s1. The molecule has 0 aliphatic carbocycles. The molecule has 0 amide bonds. The predicted octanol–water partition coefficient (Wildman–Crippen LogP) is -0.328. The average Bonchev–Trinajstić information content (AvgIpc) is 2.55. The maximum absolute atomic E-state index is 8.86. The minimum Gasteiger partial charge on any atom is -0.395 e. The Bertz CT molecular complexity index is 125. The number of hydrogen-bond donors (Lipinski definition) is 1. The Labute approximate surface area is 73.1 Å². The summed E-state index contributed by atoms with van der Waals surface area (Å²) in [5, 5.41) is 8.86. The van der Waals surface area contributed by atoms with Crippen molar-refractivity contribution in [3.8, 4) is 0 Å². The zero-order valence-corrected chi connectivity index (χ0v) is 7.69. The van der Waals surface area contributed by atoms with Crippen molar-refractivity contribution in [3.63, 3.8) is 0 Å². The average molecular weight is 175 g/mol. The van der Waals surface area contributed by atoms with Crippen LogP contribution in [-0.2, 0) is 9.47 Å². The van der Waals surface area contributed by atoms with E-state index in [-0.39, 0.29) is 18.9 Å². The molecule has 0 saturated carbocycles. The van der Waals surface area contributed by atoms with Gasteiger partial charge in [0.15, 0.2) is 6.29 Å². The third-order valence-electron chi connectivity index (χ3n) is 2.14. The molecule has 4 heteroatoms. The van der Waals surface area contributed by atoms with Crippen molar-refractivity contribution in [3.05, 3.63) is 0 Å². The number of hydrogen-bond acceptors (Lipinski definition) is 4. The van der Waals surface area contributed by atoms with Crippen LogP contribution in [0.1, 0.15) is 6.92 Å². The van der Waals surface area contributed by atoms with Crippen LogP contribution in [0.15, 0.2) is 0 Å². The van der Waals surface area contributed by atoms with E-state index in [4.69, 9.17) is 14.6 Å². The van der Waals surface area contributed by atoms with Gasteiger partial charge in [-0.05, 0) is 14.0 Å². The number of nitrogens with zero attached hydrogens (tertiary/aromatic N) is 1. The molecule has 0 bridgehead atoms. The summed E-state index contributed by atoms with van der Waals surface area (Å²) in [4.78, 5) is 2.02. The van der Waals surface area contributed by atoms with E-state index in [1.54, 1.807) is 0 Å². The van der Waals surface area contributed by atoms with Crippen LogP contribution in [0, 0.1) is 0 Å². The van der Waals surface area contributed by atoms with E-state index in [2.05, 4.69) is 0 Å². The van der Waals surface area contributed by atoms with Crippen molar-refractivity contribution in [2.75, 3.05) is 33.4 Å². The number of aliphatic hydroxyl groups is 1. The van der Waals surface area contributed by atoms with Crippen LogP contribution in [0.25, 0.3) is 0 Å². The largest absolute Gasteiger partial charge is 0.395 e. The molecule has 0 spiro atoms. The number of aliphatic hydroxyl groups excluding tert-OH is 1. The lowest BCUT2D eigenvalue weighted by Gasteiger charge is -2.24. The molecule has 1 atom stereocenters. The topological polar surface area (TPSA) is 41.9 Å². The maximum atomic E-state index is 8.86. The molecule has 0 aromatic carbocycles. The highest BCUT2D eigenvalue weighted by Gasteiger charge is 2.19. The highest BCUT2D eigenvalue weighted by molar-refractivity contribution is 4.64. The lowest BCUT2D eigenvalue weighted by atomic mass is 10.3. The van der Waals surface area contributed by atoms with Crippen molar-refractivity contribution in [1.29, 1.82) is 0 Å². The van der Waals surface area contributed by atoms with Crippen molar-refractivity contribution < 1.29 is 14.6 Å². The lowest BCUT2D eigenvalue weighted by Crippen LogP contribution is -2.38. The summed E-state index contributed by atoms with van der Waals surface area (Å²) in [5.74, 6) is 0. The normalized spacial score (nSPS) is 22.0. The van der Waals surface area contributed by atoms with Crippen LogP contribution >= 0.6 is 0 Å². The summed E-state index contributed by atoms with van der Waals surface area (Å²) in [7, 11) is 1.95. The number of ether oxygens (including phenoxy) is 2. The first-order valence-corrected chi connectivity index (χ1v) is 4.28. The molecule has 0 radical (unpaired) electrons. The van der Waals surface area contributed by atoms with E-state index in [9.17, 15) is 0 Å². The van der Waals surface area contributed by atoms with Crippen LogP contribution < -0.4 is 0 Å². The van der Waals surface area contributed by atoms with Gasteiger partial charge in [-0.3, -0.25) is 4.90 Å². The fourth-order valence-corrected chi connectivity index (χ4v) is 1.07. The highest BCUT2D eigenvalue weighted by Crippen LogP contribution is 2.06. The first kappa shape index (κ1) is 9.92. The van der Waals surface area contributed by atoms with Gasteiger partial charge in [0.25, 0.3) is 0 Å². The van der Waals surface area contributed by atoms with Crippen LogP contribution in [0.5, 0.6) is 0 Å². The van der Waals surface area contributed by atoms with Gasteiger partial charge in [-0.25, -0.2) is 0 Å². The SMILES string of the molecule is C[C@H](CO)N(C)CC1OCCO1. The Morgan fingerprint density at radius 2 is 2.08 bits per heavy atom. The molecule has 0 aromatic rings. The summed E-state index contributed by atoms with van der Waals surface area (Å²) in [6, 6.07) is 0.165. The van der Waals surface area contributed by atoms with Gasteiger partial charge < -0.3 is 14.6 Å². The van der Waals surface area contributed by atoms with Crippen molar-refractivity contribution >= 4 is 0 Å². The minimum atomic E-state index is -0.107. The van der Waals surface area contributed by atoms with Gasteiger partial charge in [-0.15, -0.1) is 0 Å². The molecule has 1 fully saturated rings. The smallest absolute Gasteiger partial charge is 0.170 e. The Hall–Kier alpha value is -0.160. The van der Waals surface area contributed by atoms with E-state index in [0.717, 1.165) is 6.54 Å². The third-order valence-corrected chi connectivity index (χ3v) is 2.14. The van der Waals surface area contributed by atoms with Crippen molar-refractivity contribution in [2.24, 2.45) is 0 Å². The van der Waals surface area contributed by atoms with Gasteiger partial charge in [-0.1, -0.05) is 0 Å². The van der Waals surface area contributed by atoms with E-state index in [0.29, 0.717) is 13.2 Å². The molecule has 1 aliphatic rings. The van der Waals surface area contributed by atoms with Crippen LogP contribution in [0.3, 0.4) is 0 Å². The minimum absolute atomic E-state index is 0.107. The van der Waals surface area contributed by atoms with Crippen LogP contribution in [0.2, 0.25) is 0 Å². The molecule has 1 rings (SSSR count). The Morgan fingerprint density at radius 1 is 1.50 bits per heavy atom. The zero-order valence-electron chi connectivity index (χ0n) is 7.69. The van der Waals surface area contributed by atoms with E-state index in [1.165, 1.54) is 0 Å². The predicted molar refractivity (Wildman–Crippen MR) is 44.9 cm³/mol. The Balaban J connectivity index is 2.19. The monoisotopic (exact) mass is 175 g/mol. The van der Waals surface area contributed by atoms with Crippen molar-refractivity contribution in [1.82, 2.24) is 4.90 Å². The van der Waals surface area contributed by atoms with Gasteiger partial charge in [0.2, 0.25) is 0 Å². The molecule has 0 aromatic heterocycles. The quantitative estimate of drug-likeness (QED) is 0.635. The van der Waals surface area contributed by atoms with Gasteiger partial charge >= 0.3 is 0 Å². The van der Waals surface area contributed by atoms with Crippen molar-refractivity contribution in [2.45, 2.75) is 19.3 Å². The third kappa shape index (κ3) is 2.71. The lowest BCUT2D eigenvalue weighted by molar-refractivity contribution is -0.0654. The molecule has 72 valence electrons. The molecule has 1 heterocycles. The van der Waals surface area contributed by atoms with E-state index >= 15 is 0 Å². The number of rotatable bonds is 4. The van der Waals surface area contributed by atoms with E-state index < -0.39 is 0 Å². The second-order valence-corrected chi connectivity index (χ2v) is 3.14. The molecule has 1 aliphatic heterocycles. The zero-order chi connectivity index (χ0) is 8.97. The molecule has 4 nitrogen and oxygen atoms in total. The van der Waals surface area contributed by atoms with Gasteiger partial charge in [0, 0.05) is 12.6 Å². The molecule has 1 N–H and O–H groups in total. The number of likely N-dealkylation sites (N-methyl/N-ethyl adjacent to an activating group) is 1.